The summed E-state index contributed by atoms with van der Waals surface area (Å²) in [5.41, 5.74) is 13.6. The number of hydrogen-bond acceptors (Lipinski definition) is 3. The van der Waals surface area contributed by atoms with E-state index in [1.165, 1.54) is 12.8 Å². The molecule has 0 atom stereocenters. The van der Waals surface area contributed by atoms with Gasteiger partial charge < -0.3 is 16.4 Å². The minimum Gasteiger partial charge on any atom is -0.397 e. The van der Waals surface area contributed by atoms with Crippen molar-refractivity contribution in [1.29, 1.82) is 0 Å². The van der Waals surface area contributed by atoms with Crippen LogP contribution in [-0.4, -0.2) is 18.5 Å². The summed E-state index contributed by atoms with van der Waals surface area (Å²) in [6.45, 7) is 5.41. The molecule has 1 aromatic rings. The molecule has 0 aliphatic heterocycles. The van der Waals surface area contributed by atoms with E-state index in [9.17, 15) is 4.79 Å². The molecule has 19 heavy (non-hydrogen) atoms. The Hall–Kier alpha value is -1.71. The number of amides is 1. The van der Waals surface area contributed by atoms with Gasteiger partial charge in [0.2, 0.25) is 5.91 Å². The van der Waals surface area contributed by atoms with Crippen LogP contribution in [0.5, 0.6) is 0 Å². The summed E-state index contributed by atoms with van der Waals surface area (Å²) in [5.74, 6) is 0.252. The van der Waals surface area contributed by atoms with Gasteiger partial charge in [-0.1, -0.05) is 13.8 Å². The van der Waals surface area contributed by atoms with Crippen LogP contribution in [0.1, 0.15) is 43.5 Å². The first-order valence-corrected chi connectivity index (χ1v) is 6.95. The lowest BCUT2D eigenvalue weighted by Crippen LogP contribution is -2.29. The molecular formula is C15H23N3O. The Balaban J connectivity index is 2.24. The quantitative estimate of drug-likeness (QED) is 0.772. The van der Waals surface area contributed by atoms with Crippen molar-refractivity contribution in [2.45, 2.75) is 39.2 Å². The molecule has 1 amide bonds. The lowest BCUT2D eigenvalue weighted by molar-refractivity contribution is 0.100. The van der Waals surface area contributed by atoms with Crippen molar-refractivity contribution in [2.24, 2.45) is 11.7 Å². The highest BCUT2D eigenvalue weighted by Gasteiger charge is 2.30. The molecule has 4 N–H and O–H groups in total. The van der Waals surface area contributed by atoms with E-state index < -0.39 is 5.91 Å². The normalized spacial score (nSPS) is 14.7. The summed E-state index contributed by atoms with van der Waals surface area (Å²) in [7, 11) is 0. The summed E-state index contributed by atoms with van der Waals surface area (Å²) in [5, 5.41) is 0. The fourth-order valence-corrected chi connectivity index (χ4v) is 2.23. The van der Waals surface area contributed by atoms with Crippen LogP contribution in [0.25, 0.3) is 0 Å². The topological polar surface area (TPSA) is 72.3 Å². The molecule has 0 saturated heterocycles. The lowest BCUT2D eigenvalue weighted by atomic mass is 10.1. The fraction of sp³-hybridized carbons (Fsp3) is 0.533. The summed E-state index contributed by atoms with van der Waals surface area (Å²) < 4.78 is 0. The molecule has 1 saturated carbocycles. The Morgan fingerprint density at radius 1 is 1.42 bits per heavy atom. The molecule has 0 unspecified atom stereocenters. The van der Waals surface area contributed by atoms with E-state index in [4.69, 9.17) is 11.5 Å². The van der Waals surface area contributed by atoms with Gasteiger partial charge in [0.05, 0.1) is 11.4 Å². The van der Waals surface area contributed by atoms with Crippen molar-refractivity contribution < 1.29 is 4.79 Å². The SMILES string of the molecule is CC(C)CCN(c1cc(C(N)=O)ccc1N)C1CC1. The molecule has 1 aliphatic rings. The zero-order valence-electron chi connectivity index (χ0n) is 11.7. The summed E-state index contributed by atoms with van der Waals surface area (Å²) in [4.78, 5) is 13.6. The second kappa shape index (κ2) is 5.51. The third kappa shape index (κ3) is 3.40. The average molecular weight is 261 g/mol. The first-order valence-electron chi connectivity index (χ1n) is 6.95. The molecule has 104 valence electrons. The van der Waals surface area contributed by atoms with Crippen LogP contribution < -0.4 is 16.4 Å². The molecule has 0 radical (unpaired) electrons. The molecule has 1 aliphatic carbocycles. The second-order valence-corrected chi connectivity index (χ2v) is 5.74. The number of hydrogen-bond donors (Lipinski definition) is 2. The molecule has 0 heterocycles. The largest absolute Gasteiger partial charge is 0.397 e. The predicted octanol–water partition coefficient (Wildman–Crippen LogP) is 2.38. The number of benzene rings is 1. The Morgan fingerprint density at radius 3 is 2.63 bits per heavy atom. The maximum absolute atomic E-state index is 11.3. The van der Waals surface area contributed by atoms with Gasteiger partial charge in [-0.05, 0) is 43.4 Å². The third-order valence-electron chi connectivity index (χ3n) is 3.56. The van der Waals surface area contributed by atoms with Crippen molar-refractivity contribution in [3.8, 4) is 0 Å². The van der Waals surface area contributed by atoms with Gasteiger partial charge in [0.15, 0.2) is 0 Å². The zero-order valence-corrected chi connectivity index (χ0v) is 11.7. The van der Waals surface area contributed by atoms with Gasteiger partial charge >= 0.3 is 0 Å². The lowest BCUT2D eigenvalue weighted by Gasteiger charge is -2.27. The predicted molar refractivity (Wildman–Crippen MR) is 79.2 cm³/mol. The van der Waals surface area contributed by atoms with Crippen LogP contribution in [0.2, 0.25) is 0 Å². The highest BCUT2D eigenvalue weighted by Crippen LogP contribution is 2.35. The van der Waals surface area contributed by atoms with E-state index >= 15 is 0 Å². The van der Waals surface area contributed by atoms with Gasteiger partial charge in [-0.25, -0.2) is 0 Å². The Labute approximate surface area is 114 Å². The number of anilines is 2. The first kappa shape index (κ1) is 13.7. The van der Waals surface area contributed by atoms with Gasteiger partial charge in [-0.2, -0.15) is 0 Å². The van der Waals surface area contributed by atoms with Gasteiger partial charge in [0, 0.05) is 18.2 Å². The number of carbonyl (C=O) groups is 1. The number of nitrogen functional groups attached to an aromatic ring is 1. The van der Waals surface area contributed by atoms with Crippen LogP contribution in [0.15, 0.2) is 18.2 Å². The van der Waals surface area contributed by atoms with E-state index in [2.05, 4.69) is 18.7 Å². The molecular weight excluding hydrogens is 238 g/mol. The smallest absolute Gasteiger partial charge is 0.248 e. The molecule has 0 bridgehead atoms. The van der Waals surface area contributed by atoms with Gasteiger partial charge in [0.1, 0.15) is 0 Å². The monoisotopic (exact) mass is 261 g/mol. The van der Waals surface area contributed by atoms with Crippen LogP contribution in [0.4, 0.5) is 11.4 Å². The third-order valence-corrected chi connectivity index (χ3v) is 3.56. The molecule has 4 nitrogen and oxygen atoms in total. The van der Waals surface area contributed by atoms with Crippen LogP contribution in [0.3, 0.4) is 0 Å². The number of carbonyl (C=O) groups excluding carboxylic acids is 1. The van der Waals surface area contributed by atoms with Crippen LogP contribution in [0, 0.1) is 5.92 Å². The minimum atomic E-state index is -0.402. The van der Waals surface area contributed by atoms with Crippen molar-refractivity contribution >= 4 is 17.3 Å². The van der Waals surface area contributed by atoms with E-state index in [0.29, 0.717) is 17.5 Å². The molecule has 0 aromatic heterocycles. The molecule has 4 heteroatoms. The van der Waals surface area contributed by atoms with Crippen molar-refractivity contribution in [1.82, 2.24) is 0 Å². The van der Waals surface area contributed by atoms with Crippen molar-refractivity contribution in [3.63, 3.8) is 0 Å². The Bertz CT molecular complexity index is 466. The molecule has 0 spiro atoms. The maximum Gasteiger partial charge on any atom is 0.248 e. The first-order chi connectivity index (χ1) is 8.99. The molecule has 2 rings (SSSR count). The van der Waals surface area contributed by atoms with Crippen LogP contribution >= 0.6 is 0 Å². The van der Waals surface area contributed by atoms with E-state index in [0.717, 1.165) is 24.3 Å². The van der Waals surface area contributed by atoms with E-state index in [-0.39, 0.29) is 0 Å². The number of nitrogens with zero attached hydrogens (tertiary/aromatic N) is 1. The second-order valence-electron chi connectivity index (χ2n) is 5.74. The summed E-state index contributed by atoms with van der Waals surface area (Å²) in [6.07, 6.45) is 3.54. The number of rotatable bonds is 6. The van der Waals surface area contributed by atoms with Crippen molar-refractivity contribution in [2.75, 3.05) is 17.2 Å². The van der Waals surface area contributed by atoms with Gasteiger partial charge in [-0.3, -0.25) is 4.79 Å². The fourth-order valence-electron chi connectivity index (χ4n) is 2.23. The standard InChI is InChI=1S/C15H23N3O/c1-10(2)7-8-18(12-4-5-12)14-9-11(15(17)19)3-6-13(14)16/h3,6,9-10,12H,4-5,7-8,16H2,1-2H3,(H2,17,19). The van der Waals surface area contributed by atoms with Gasteiger partial charge in [0.25, 0.3) is 0 Å². The highest BCUT2D eigenvalue weighted by molar-refractivity contribution is 5.95. The minimum absolute atomic E-state index is 0.402. The highest BCUT2D eigenvalue weighted by atomic mass is 16.1. The molecule has 1 fully saturated rings. The summed E-state index contributed by atoms with van der Waals surface area (Å²) in [6, 6.07) is 5.87. The average Bonchev–Trinajstić information content (AvgIpc) is 3.15. The zero-order chi connectivity index (χ0) is 14.0. The van der Waals surface area contributed by atoms with E-state index in [1.807, 2.05) is 6.07 Å². The van der Waals surface area contributed by atoms with E-state index in [1.54, 1.807) is 12.1 Å². The maximum atomic E-state index is 11.3. The van der Waals surface area contributed by atoms with Crippen LogP contribution in [-0.2, 0) is 0 Å². The number of nitrogens with two attached hydrogens (primary N) is 2. The Kier molecular flexibility index (Phi) is 3.98. The van der Waals surface area contributed by atoms with Gasteiger partial charge in [-0.15, -0.1) is 0 Å². The number of primary amides is 1. The van der Waals surface area contributed by atoms with Crippen molar-refractivity contribution in [3.05, 3.63) is 23.8 Å². The summed E-state index contributed by atoms with van der Waals surface area (Å²) >= 11 is 0. The Morgan fingerprint density at radius 2 is 2.11 bits per heavy atom. The molecule has 1 aromatic carbocycles.